The van der Waals surface area contributed by atoms with Gasteiger partial charge in [0.2, 0.25) is 0 Å². The number of nitrogens with zero attached hydrogens (tertiary/aromatic N) is 2. The van der Waals surface area contributed by atoms with Crippen molar-refractivity contribution >= 4 is 5.71 Å². The lowest BCUT2D eigenvalue weighted by Crippen LogP contribution is -2.20. The van der Waals surface area contributed by atoms with E-state index in [0.717, 1.165) is 46.8 Å². The lowest BCUT2D eigenvalue weighted by Gasteiger charge is -2.23. The molecular weight excluding hydrogens is 441 g/mol. The van der Waals surface area contributed by atoms with Crippen LogP contribution in [0.5, 0.6) is 5.75 Å². The highest BCUT2D eigenvalue weighted by Crippen LogP contribution is 2.37. The summed E-state index contributed by atoms with van der Waals surface area (Å²) in [5.74, 6) is 0.0994. The molecule has 1 aliphatic rings. The Bertz CT molecular complexity index is 1180. The van der Waals surface area contributed by atoms with E-state index in [2.05, 4.69) is 72.5 Å². The molecule has 1 aliphatic carbocycles. The zero-order chi connectivity index (χ0) is 24.7. The van der Waals surface area contributed by atoms with E-state index in [-0.39, 0.29) is 11.2 Å². The fraction of sp³-hybridized carbons (Fsp3) is 0.370. The third-order valence-corrected chi connectivity index (χ3v) is 6.07. The Morgan fingerprint density at radius 3 is 2.15 bits per heavy atom. The minimum atomic E-state index is -4.73. The molecule has 2 aromatic carbocycles. The van der Waals surface area contributed by atoms with Gasteiger partial charge in [-0.05, 0) is 65.6 Å². The van der Waals surface area contributed by atoms with E-state index in [4.69, 9.17) is 4.84 Å². The van der Waals surface area contributed by atoms with Crippen LogP contribution >= 0.6 is 0 Å². The van der Waals surface area contributed by atoms with Crippen molar-refractivity contribution < 1.29 is 22.7 Å². The SMILES string of the molecule is CO/N=C1/C[C@H](C)Cc2c1cc(-c1ccc(C(C)(C)C)cc1)n2-c1ccc(OC(F)(F)F)cc1. The first-order chi connectivity index (χ1) is 16.0. The van der Waals surface area contributed by atoms with E-state index in [1.54, 1.807) is 12.1 Å². The van der Waals surface area contributed by atoms with Crippen LogP contribution in [0.25, 0.3) is 16.9 Å². The first kappa shape index (κ1) is 23.9. The molecule has 0 amide bonds. The summed E-state index contributed by atoms with van der Waals surface area (Å²) in [6, 6.07) is 16.5. The molecule has 0 radical (unpaired) electrons. The molecule has 0 fully saturated rings. The number of benzene rings is 2. The van der Waals surface area contributed by atoms with Crippen LogP contribution in [0.3, 0.4) is 0 Å². The Labute approximate surface area is 198 Å². The van der Waals surface area contributed by atoms with Crippen LogP contribution < -0.4 is 4.74 Å². The molecule has 4 nitrogen and oxygen atoms in total. The van der Waals surface area contributed by atoms with Gasteiger partial charge in [-0.2, -0.15) is 0 Å². The largest absolute Gasteiger partial charge is 0.573 e. The monoisotopic (exact) mass is 470 g/mol. The predicted octanol–water partition coefficient (Wildman–Crippen LogP) is 7.27. The van der Waals surface area contributed by atoms with E-state index in [1.807, 2.05) is 0 Å². The van der Waals surface area contributed by atoms with E-state index < -0.39 is 6.36 Å². The Morgan fingerprint density at radius 2 is 1.59 bits per heavy atom. The van der Waals surface area contributed by atoms with Crippen molar-refractivity contribution in [1.29, 1.82) is 0 Å². The molecule has 0 saturated carbocycles. The van der Waals surface area contributed by atoms with Crippen molar-refractivity contribution in [3.8, 4) is 22.7 Å². The quantitative estimate of drug-likeness (QED) is 0.376. The predicted molar refractivity (Wildman–Crippen MR) is 128 cm³/mol. The summed E-state index contributed by atoms with van der Waals surface area (Å²) in [7, 11) is 1.54. The van der Waals surface area contributed by atoms with Crippen molar-refractivity contribution in [2.24, 2.45) is 11.1 Å². The Balaban J connectivity index is 1.86. The number of oxime groups is 1. The lowest BCUT2D eigenvalue weighted by molar-refractivity contribution is -0.274. The first-order valence-electron chi connectivity index (χ1n) is 11.3. The summed E-state index contributed by atoms with van der Waals surface area (Å²) in [4.78, 5) is 5.12. The fourth-order valence-corrected chi connectivity index (χ4v) is 4.49. The molecule has 0 N–H and O–H groups in total. The molecule has 7 heteroatoms. The summed E-state index contributed by atoms with van der Waals surface area (Å²) in [5.41, 5.74) is 6.93. The zero-order valence-corrected chi connectivity index (χ0v) is 20.0. The number of fused-ring (bicyclic) bond motifs is 1. The van der Waals surface area contributed by atoms with Crippen LogP contribution in [0.4, 0.5) is 13.2 Å². The molecule has 1 atom stereocenters. The molecule has 0 saturated heterocycles. The lowest BCUT2D eigenvalue weighted by atomic mass is 9.86. The van der Waals surface area contributed by atoms with Crippen LogP contribution in [0.2, 0.25) is 0 Å². The summed E-state index contributed by atoms with van der Waals surface area (Å²) < 4.78 is 44.1. The van der Waals surface area contributed by atoms with Gasteiger partial charge in [-0.25, -0.2) is 0 Å². The van der Waals surface area contributed by atoms with Crippen LogP contribution in [0, 0.1) is 5.92 Å². The topological polar surface area (TPSA) is 35.8 Å². The molecule has 1 aromatic heterocycles. The average molecular weight is 471 g/mol. The summed E-state index contributed by atoms with van der Waals surface area (Å²) in [6.07, 6.45) is -3.11. The second-order valence-electron chi connectivity index (χ2n) is 9.83. The third kappa shape index (κ3) is 4.98. The maximum atomic E-state index is 12.6. The van der Waals surface area contributed by atoms with Gasteiger partial charge in [0.05, 0.1) is 11.4 Å². The first-order valence-corrected chi connectivity index (χ1v) is 11.3. The van der Waals surface area contributed by atoms with Gasteiger partial charge in [0, 0.05) is 16.9 Å². The smallest absolute Gasteiger partial charge is 0.406 e. The number of aromatic nitrogens is 1. The van der Waals surface area contributed by atoms with Crippen LogP contribution in [0.1, 0.15) is 50.9 Å². The molecule has 1 heterocycles. The van der Waals surface area contributed by atoms with Gasteiger partial charge in [0.15, 0.2) is 0 Å². The molecule has 0 spiro atoms. The summed E-state index contributed by atoms with van der Waals surface area (Å²) >= 11 is 0. The molecule has 4 rings (SSSR count). The number of halogens is 3. The number of hydrogen-bond acceptors (Lipinski definition) is 3. The molecule has 0 unspecified atom stereocenters. The van der Waals surface area contributed by atoms with E-state index in [0.29, 0.717) is 5.92 Å². The number of alkyl halides is 3. The zero-order valence-electron chi connectivity index (χ0n) is 20.0. The molecule has 3 aromatic rings. The van der Waals surface area contributed by atoms with Crippen molar-refractivity contribution in [1.82, 2.24) is 4.57 Å². The van der Waals surface area contributed by atoms with Crippen molar-refractivity contribution in [3.63, 3.8) is 0 Å². The van der Waals surface area contributed by atoms with E-state index in [1.165, 1.54) is 24.8 Å². The van der Waals surface area contributed by atoms with Gasteiger partial charge in [-0.3, -0.25) is 0 Å². The Hall–Kier alpha value is -3.22. The van der Waals surface area contributed by atoms with Gasteiger partial charge >= 0.3 is 6.36 Å². The van der Waals surface area contributed by atoms with Crippen LogP contribution in [-0.2, 0) is 16.7 Å². The van der Waals surface area contributed by atoms with Gasteiger partial charge in [-0.1, -0.05) is 57.1 Å². The minimum absolute atomic E-state index is 0.0296. The average Bonchev–Trinajstić information content (AvgIpc) is 3.12. The Morgan fingerprint density at radius 1 is 0.941 bits per heavy atom. The summed E-state index contributed by atoms with van der Waals surface area (Å²) in [6.45, 7) is 8.66. The molecule has 0 aliphatic heterocycles. The second kappa shape index (κ2) is 8.85. The molecule has 0 bridgehead atoms. The van der Waals surface area contributed by atoms with Crippen molar-refractivity contribution in [2.75, 3.05) is 7.11 Å². The number of ether oxygens (including phenoxy) is 1. The highest BCUT2D eigenvalue weighted by atomic mass is 19.4. The van der Waals surface area contributed by atoms with Crippen molar-refractivity contribution in [3.05, 3.63) is 71.4 Å². The molecular formula is C27H29F3N2O2. The number of rotatable bonds is 4. The van der Waals surface area contributed by atoms with Crippen LogP contribution in [0.15, 0.2) is 59.8 Å². The highest BCUT2D eigenvalue weighted by molar-refractivity contribution is 6.03. The Kier molecular flexibility index (Phi) is 6.23. The highest BCUT2D eigenvalue weighted by Gasteiger charge is 2.31. The van der Waals surface area contributed by atoms with Crippen molar-refractivity contribution in [2.45, 2.75) is 52.3 Å². The van der Waals surface area contributed by atoms with Crippen LogP contribution in [-0.4, -0.2) is 23.8 Å². The second-order valence-corrected chi connectivity index (χ2v) is 9.83. The van der Waals surface area contributed by atoms with Gasteiger partial charge < -0.3 is 14.1 Å². The van der Waals surface area contributed by atoms with Gasteiger partial charge in [0.25, 0.3) is 0 Å². The van der Waals surface area contributed by atoms with Gasteiger partial charge in [-0.15, -0.1) is 13.2 Å². The molecule has 180 valence electrons. The van der Waals surface area contributed by atoms with E-state index in [9.17, 15) is 13.2 Å². The maximum absolute atomic E-state index is 12.6. The summed E-state index contributed by atoms with van der Waals surface area (Å²) in [5, 5.41) is 4.28. The standard InChI is InChI=1S/C27H29F3N2O2/c1-17-14-23(31-33-5)22-16-24(18-6-8-19(9-7-18)26(2,3)4)32(25(22)15-17)20-10-12-21(13-11-20)34-27(28,29)30/h6-13,16-17H,14-15H2,1-5H3/b31-23-/t17-/m0/s1. The van der Waals surface area contributed by atoms with E-state index >= 15 is 0 Å². The third-order valence-electron chi connectivity index (χ3n) is 6.07. The molecule has 34 heavy (non-hydrogen) atoms. The normalized spacial score (nSPS) is 17.5. The van der Waals surface area contributed by atoms with Gasteiger partial charge in [0.1, 0.15) is 12.9 Å². The maximum Gasteiger partial charge on any atom is 0.573 e. The fourth-order valence-electron chi connectivity index (χ4n) is 4.49. The number of hydrogen-bond donors (Lipinski definition) is 0. The minimum Gasteiger partial charge on any atom is -0.406 e.